The van der Waals surface area contributed by atoms with Gasteiger partial charge in [0.2, 0.25) is 11.9 Å². The van der Waals surface area contributed by atoms with Crippen LogP contribution in [0.3, 0.4) is 0 Å². The Morgan fingerprint density at radius 1 is 1.11 bits per heavy atom. The second-order valence-corrected chi connectivity index (χ2v) is 6.70. The molecule has 27 heavy (non-hydrogen) atoms. The van der Waals surface area contributed by atoms with Gasteiger partial charge >= 0.3 is 0 Å². The molecule has 0 aliphatic carbocycles. The van der Waals surface area contributed by atoms with Gasteiger partial charge in [0.25, 0.3) is 0 Å². The molecule has 1 N–H and O–H groups in total. The van der Waals surface area contributed by atoms with Crippen molar-refractivity contribution in [1.29, 1.82) is 0 Å². The number of carbonyl (C=O) groups excluding carboxylic acids is 1. The molecule has 0 spiro atoms. The lowest BCUT2D eigenvalue weighted by Gasteiger charge is -2.32. The van der Waals surface area contributed by atoms with E-state index in [1.165, 1.54) is 0 Å². The highest BCUT2D eigenvalue weighted by molar-refractivity contribution is 5.80. The lowest BCUT2D eigenvalue weighted by atomic mass is 9.96. The zero-order chi connectivity index (χ0) is 18.5. The van der Waals surface area contributed by atoms with Crippen molar-refractivity contribution in [1.82, 2.24) is 15.3 Å². The van der Waals surface area contributed by atoms with Crippen molar-refractivity contribution < 1.29 is 9.21 Å². The first-order valence-electron chi connectivity index (χ1n) is 9.22. The summed E-state index contributed by atoms with van der Waals surface area (Å²) in [4.78, 5) is 23.7. The van der Waals surface area contributed by atoms with Gasteiger partial charge in [0, 0.05) is 25.5 Å². The van der Waals surface area contributed by atoms with Crippen LogP contribution >= 0.6 is 0 Å². The molecular weight excluding hydrogens is 340 g/mol. The van der Waals surface area contributed by atoms with Crippen LogP contribution in [0.2, 0.25) is 0 Å². The van der Waals surface area contributed by atoms with Crippen LogP contribution in [-0.4, -0.2) is 29.0 Å². The third kappa shape index (κ3) is 4.00. The lowest BCUT2D eigenvalue weighted by Crippen LogP contribution is -2.44. The molecule has 3 heterocycles. The second-order valence-electron chi connectivity index (χ2n) is 6.70. The van der Waals surface area contributed by atoms with Crippen LogP contribution in [0.4, 0.5) is 5.95 Å². The Hall–Kier alpha value is -3.15. The van der Waals surface area contributed by atoms with Gasteiger partial charge in [-0.05, 0) is 36.6 Å². The van der Waals surface area contributed by atoms with E-state index in [9.17, 15) is 4.79 Å². The lowest BCUT2D eigenvalue weighted by molar-refractivity contribution is -0.125. The molecule has 1 aliphatic heterocycles. The number of piperidine rings is 1. The average Bonchev–Trinajstić information content (AvgIpc) is 3.28. The number of rotatable bonds is 5. The number of nitrogens with zero attached hydrogens (tertiary/aromatic N) is 3. The number of anilines is 1. The van der Waals surface area contributed by atoms with E-state index in [1.54, 1.807) is 24.7 Å². The van der Waals surface area contributed by atoms with Gasteiger partial charge in [0.1, 0.15) is 11.8 Å². The van der Waals surface area contributed by atoms with Gasteiger partial charge in [-0.1, -0.05) is 30.3 Å². The predicted octanol–water partition coefficient (Wildman–Crippen LogP) is 3.19. The van der Waals surface area contributed by atoms with Crippen LogP contribution in [0.25, 0.3) is 0 Å². The minimum Gasteiger partial charge on any atom is -0.467 e. The molecule has 138 valence electrons. The maximum atomic E-state index is 13.0. The Bertz CT molecular complexity index is 852. The maximum Gasteiger partial charge on any atom is 0.225 e. The molecule has 1 amide bonds. The van der Waals surface area contributed by atoms with Gasteiger partial charge in [0.05, 0.1) is 12.2 Å². The van der Waals surface area contributed by atoms with Crippen LogP contribution in [-0.2, 0) is 4.79 Å². The molecule has 6 heteroatoms. The van der Waals surface area contributed by atoms with E-state index < -0.39 is 0 Å². The minimum atomic E-state index is -0.294. The van der Waals surface area contributed by atoms with Crippen molar-refractivity contribution >= 4 is 11.9 Å². The third-order valence-electron chi connectivity index (χ3n) is 4.87. The van der Waals surface area contributed by atoms with E-state index in [4.69, 9.17) is 4.42 Å². The summed E-state index contributed by atoms with van der Waals surface area (Å²) in [5, 5.41) is 3.18. The quantitative estimate of drug-likeness (QED) is 0.755. The Morgan fingerprint density at radius 3 is 2.67 bits per heavy atom. The number of aromatic nitrogens is 2. The molecule has 2 aromatic heterocycles. The molecular formula is C21H22N4O2. The van der Waals surface area contributed by atoms with E-state index in [0.717, 1.165) is 30.7 Å². The van der Waals surface area contributed by atoms with Gasteiger partial charge < -0.3 is 14.6 Å². The summed E-state index contributed by atoms with van der Waals surface area (Å²) in [5.74, 6) is 1.33. The first-order valence-corrected chi connectivity index (χ1v) is 9.22. The summed E-state index contributed by atoms with van der Waals surface area (Å²) in [6, 6.07) is 15.1. The smallest absolute Gasteiger partial charge is 0.225 e. The molecule has 6 nitrogen and oxygen atoms in total. The molecule has 0 radical (unpaired) electrons. The molecule has 0 saturated carbocycles. The van der Waals surface area contributed by atoms with E-state index in [-0.39, 0.29) is 17.9 Å². The number of hydrogen-bond donors (Lipinski definition) is 1. The highest BCUT2D eigenvalue weighted by atomic mass is 16.3. The van der Waals surface area contributed by atoms with Gasteiger partial charge in [-0.25, -0.2) is 9.97 Å². The summed E-state index contributed by atoms with van der Waals surface area (Å²) < 4.78 is 5.58. The van der Waals surface area contributed by atoms with Crippen molar-refractivity contribution in [3.05, 3.63) is 78.5 Å². The van der Waals surface area contributed by atoms with Gasteiger partial charge in [-0.15, -0.1) is 0 Å². The second kappa shape index (κ2) is 8.03. The van der Waals surface area contributed by atoms with E-state index in [2.05, 4.69) is 20.2 Å². The summed E-state index contributed by atoms with van der Waals surface area (Å²) in [7, 11) is 0. The zero-order valence-corrected chi connectivity index (χ0v) is 15.0. The molecule has 2 atom stereocenters. The number of amides is 1. The summed E-state index contributed by atoms with van der Waals surface area (Å²) in [5.41, 5.74) is 1.000. The minimum absolute atomic E-state index is 0.0286. The molecule has 0 bridgehead atoms. The maximum absolute atomic E-state index is 13.0. The number of nitrogens with one attached hydrogen (secondary N) is 1. The molecule has 1 fully saturated rings. The standard InChI is InChI=1S/C21H22N4O2/c26-20(17-9-4-13-25(15-17)21-22-11-6-12-23-21)24-19(18-10-5-14-27-18)16-7-2-1-3-8-16/h1-3,5-8,10-12,14,17,19H,4,9,13,15H2,(H,24,26). The molecule has 1 saturated heterocycles. The first kappa shape index (κ1) is 17.3. The van der Waals surface area contributed by atoms with Gasteiger partial charge in [-0.3, -0.25) is 4.79 Å². The van der Waals surface area contributed by atoms with Crippen molar-refractivity contribution in [2.75, 3.05) is 18.0 Å². The van der Waals surface area contributed by atoms with Crippen LogP contribution in [0.15, 0.2) is 71.6 Å². The van der Waals surface area contributed by atoms with Crippen LogP contribution in [0.1, 0.15) is 30.2 Å². The van der Waals surface area contributed by atoms with Gasteiger partial charge in [-0.2, -0.15) is 0 Å². The molecule has 4 rings (SSSR count). The number of hydrogen-bond acceptors (Lipinski definition) is 5. The van der Waals surface area contributed by atoms with E-state index in [0.29, 0.717) is 12.5 Å². The van der Waals surface area contributed by atoms with Crippen molar-refractivity contribution in [3.63, 3.8) is 0 Å². The van der Waals surface area contributed by atoms with Gasteiger partial charge in [0.15, 0.2) is 0 Å². The molecule has 2 unspecified atom stereocenters. The van der Waals surface area contributed by atoms with Crippen molar-refractivity contribution in [2.24, 2.45) is 5.92 Å². The van der Waals surface area contributed by atoms with E-state index in [1.807, 2.05) is 42.5 Å². The first-order chi connectivity index (χ1) is 13.3. The fourth-order valence-corrected chi connectivity index (χ4v) is 3.51. The molecule has 1 aromatic carbocycles. The van der Waals surface area contributed by atoms with Crippen LogP contribution in [0.5, 0.6) is 0 Å². The Balaban J connectivity index is 1.49. The fraction of sp³-hybridized carbons (Fsp3) is 0.286. The fourth-order valence-electron chi connectivity index (χ4n) is 3.51. The number of furan rings is 1. The predicted molar refractivity (Wildman–Crippen MR) is 102 cm³/mol. The van der Waals surface area contributed by atoms with Crippen molar-refractivity contribution in [2.45, 2.75) is 18.9 Å². The topological polar surface area (TPSA) is 71.3 Å². The van der Waals surface area contributed by atoms with Crippen LogP contribution in [0, 0.1) is 5.92 Å². The monoisotopic (exact) mass is 362 g/mol. The summed E-state index contributed by atoms with van der Waals surface area (Å²) in [6.45, 7) is 1.49. The SMILES string of the molecule is O=C(NC(c1ccccc1)c1ccco1)C1CCCN(c2ncccn2)C1. The Kier molecular flexibility index (Phi) is 5.14. The molecule has 1 aliphatic rings. The van der Waals surface area contributed by atoms with Crippen LogP contribution < -0.4 is 10.2 Å². The average molecular weight is 362 g/mol. The Labute approximate surface area is 158 Å². The summed E-state index contributed by atoms with van der Waals surface area (Å²) in [6.07, 6.45) is 6.89. The normalized spacial score (nSPS) is 18.1. The number of carbonyl (C=O) groups is 1. The van der Waals surface area contributed by atoms with Crippen molar-refractivity contribution in [3.8, 4) is 0 Å². The highest BCUT2D eigenvalue weighted by Gasteiger charge is 2.29. The summed E-state index contributed by atoms with van der Waals surface area (Å²) >= 11 is 0. The zero-order valence-electron chi connectivity index (χ0n) is 15.0. The van der Waals surface area contributed by atoms with E-state index >= 15 is 0 Å². The number of benzene rings is 1. The molecule has 3 aromatic rings. The highest BCUT2D eigenvalue weighted by Crippen LogP contribution is 2.25. The third-order valence-corrected chi connectivity index (χ3v) is 4.87. The Morgan fingerprint density at radius 2 is 1.93 bits per heavy atom. The largest absolute Gasteiger partial charge is 0.467 e.